The van der Waals surface area contributed by atoms with E-state index in [0.29, 0.717) is 11.3 Å². The van der Waals surface area contributed by atoms with Crippen molar-refractivity contribution in [3.8, 4) is 5.75 Å². The second-order valence-electron chi connectivity index (χ2n) is 4.88. The summed E-state index contributed by atoms with van der Waals surface area (Å²) in [7, 11) is 0. The van der Waals surface area contributed by atoms with Gasteiger partial charge in [0.15, 0.2) is 0 Å². The summed E-state index contributed by atoms with van der Waals surface area (Å²) < 4.78 is 10.1. The van der Waals surface area contributed by atoms with Gasteiger partial charge in [0.2, 0.25) is 5.76 Å². The third-order valence-electron chi connectivity index (χ3n) is 3.12. The number of pyridine rings is 1. The number of aromatic nitrogens is 1. The molecule has 0 saturated carbocycles. The zero-order valence-electron chi connectivity index (χ0n) is 13.0. The van der Waals surface area contributed by atoms with Crippen LogP contribution < -0.4 is 10.2 Å². The molecule has 0 radical (unpaired) electrons. The van der Waals surface area contributed by atoms with Crippen molar-refractivity contribution in [2.75, 3.05) is 0 Å². The molecular formula is C18H13N3O4. The van der Waals surface area contributed by atoms with E-state index < -0.39 is 5.97 Å². The smallest absolute Gasteiger partial charge is 0.379 e. The van der Waals surface area contributed by atoms with Crippen LogP contribution in [-0.4, -0.2) is 23.1 Å². The highest BCUT2D eigenvalue weighted by Gasteiger charge is 2.10. The largest absolute Gasteiger partial charge is 0.457 e. The van der Waals surface area contributed by atoms with Crippen LogP contribution in [0.25, 0.3) is 0 Å². The van der Waals surface area contributed by atoms with E-state index in [-0.39, 0.29) is 11.7 Å². The first-order valence-corrected chi connectivity index (χ1v) is 7.31. The fraction of sp³-hybridized carbons (Fsp3) is 0. The molecule has 124 valence electrons. The molecular weight excluding hydrogens is 322 g/mol. The molecule has 0 aliphatic rings. The lowest BCUT2D eigenvalue weighted by Crippen LogP contribution is -2.17. The van der Waals surface area contributed by atoms with Gasteiger partial charge in [-0.1, -0.05) is 0 Å². The van der Waals surface area contributed by atoms with Gasteiger partial charge in [-0.15, -0.1) is 0 Å². The molecule has 1 aromatic carbocycles. The molecule has 3 aromatic rings. The number of furan rings is 1. The molecule has 25 heavy (non-hydrogen) atoms. The van der Waals surface area contributed by atoms with Crippen molar-refractivity contribution < 1.29 is 18.7 Å². The number of rotatable bonds is 5. The summed E-state index contributed by atoms with van der Waals surface area (Å²) >= 11 is 0. The quantitative estimate of drug-likeness (QED) is 0.335. The first-order chi connectivity index (χ1) is 12.2. The fourth-order valence-electron chi connectivity index (χ4n) is 1.90. The minimum absolute atomic E-state index is 0.128. The van der Waals surface area contributed by atoms with Gasteiger partial charge in [0, 0.05) is 12.4 Å². The lowest BCUT2D eigenvalue weighted by Gasteiger charge is -2.02. The van der Waals surface area contributed by atoms with Gasteiger partial charge in [-0.2, -0.15) is 5.10 Å². The Labute approximate surface area is 143 Å². The summed E-state index contributed by atoms with van der Waals surface area (Å²) in [5.74, 6) is -0.426. The van der Waals surface area contributed by atoms with Crippen LogP contribution >= 0.6 is 0 Å². The highest BCUT2D eigenvalue weighted by Crippen LogP contribution is 2.13. The van der Waals surface area contributed by atoms with Gasteiger partial charge in [-0.3, -0.25) is 9.78 Å². The van der Waals surface area contributed by atoms with Gasteiger partial charge < -0.3 is 9.15 Å². The van der Waals surface area contributed by atoms with Crippen LogP contribution in [0.3, 0.4) is 0 Å². The Morgan fingerprint density at radius 1 is 1.12 bits per heavy atom. The normalized spacial score (nSPS) is 10.6. The van der Waals surface area contributed by atoms with Crippen molar-refractivity contribution >= 4 is 18.1 Å². The second-order valence-corrected chi connectivity index (χ2v) is 4.88. The SMILES string of the molecule is O=C(N/N=C\c1ccc(OC(=O)c2ccco2)cc1)c1cccnc1. The highest BCUT2D eigenvalue weighted by molar-refractivity contribution is 5.94. The number of esters is 1. The average molecular weight is 335 g/mol. The maximum atomic E-state index is 11.8. The minimum Gasteiger partial charge on any atom is -0.457 e. The molecule has 0 saturated heterocycles. The number of carbonyl (C=O) groups is 2. The molecule has 0 fully saturated rings. The third kappa shape index (κ3) is 4.38. The van der Waals surface area contributed by atoms with E-state index in [1.165, 1.54) is 24.7 Å². The molecule has 0 atom stereocenters. The van der Waals surface area contributed by atoms with Crippen molar-refractivity contribution in [3.05, 3.63) is 84.1 Å². The van der Waals surface area contributed by atoms with Crippen LogP contribution in [-0.2, 0) is 0 Å². The summed E-state index contributed by atoms with van der Waals surface area (Å²) in [6.07, 6.45) is 5.91. The molecule has 0 unspecified atom stereocenters. The van der Waals surface area contributed by atoms with E-state index in [1.54, 1.807) is 48.7 Å². The van der Waals surface area contributed by atoms with Crippen LogP contribution in [0.1, 0.15) is 26.5 Å². The molecule has 7 heteroatoms. The van der Waals surface area contributed by atoms with Gasteiger partial charge in [0.25, 0.3) is 5.91 Å². The predicted octanol–water partition coefficient (Wildman–Crippen LogP) is 2.66. The standard InChI is InChI=1S/C18H13N3O4/c22-17(14-3-1-9-19-12-14)21-20-11-13-5-7-15(8-6-13)25-18(23)16-4-2-10-24-16/h1-12H,(H,21,22)/b20-11-. The highest BCUT2D eigenvalue weighted by atomic mass is 16.5. The molecule has 1 amide bonds. The minimum atomic E-state index is -0.574. The Balaban J connectivity index is 1.55. The Kier molecular flexibility index (Phi) is 4.96. The number of hydrazone groups is 1. The monoisotopic (exact) mass is 335 g/mol. The third-order valence-corrected chi connectivity index (χ3v) is 3.12. The van der Waals surface area contributed by atoms with Crippen molar-refractivity contribution in [3.63, 3.8) is 0 Å². The number of amides is 1. The average Bonchev–Trinajstić information content (AvgIpc) is 3.19. The van der Waals surface area contributed by atoms with E-state index >= 15 is 0 Å². The molecule has 2 heterocycles. The first-order valence-electron chi connectivity index (χ1n) is 7.31. The Hall–Kier alpha value is -3.74. The number of carbonyl (C=O) groups excluding carboxylic acids is 2. The summed E-state index contributed by atoms with van der Waals surface area (Å²) in [4.78, 5) is 27.4. The maximum absolute atomic E-state index is 11.8. The van der Waals surface area contributed by atoms with Gasteiger partial charge in [-0.05, 0) is 54.1 Å². The van der Waals surface area contributed by atoms with Crippen LogP contribution in [0, 0.1) is 0 Å². The molecule has 0 bridgehead atoms. The maximum Gasteiger partial charge on any atom is 0.379 e. The van der Waals surface area contributed by atoms with Crippen molar-refractivity contribution in [1.29, 1.82) is 0 Å². The number of ether oxygens (including phenoxy) is 1. The Morgan fingerprint density at radius 3 is 2.64 bits per heavy atom. The summed E-state index contributed by atoms with van der Waals surface area (Å²) in [5, 5.41) is 3.87. The van der Waals surface area contributed by atoms with Crippen molar-refractivity contribution in [1.82, 2.24) is 10.4 Å². The van der Waals surface area contributed by atoms with Gasteiger partial charge in [0.1, 0.15) is 5.75 Å². The lowest BCUT2D eigenvalue weighted by molar-refractivity contribution is 0.0701. The number of nitrogens with one attached hydrogen (secondary N) is 1. The fourth-order valence-corrected chi connectivity index (χ4v) is 1.90. The summed E-state index contributed by atoms with van der Waals surface area (Å²) in [5.41, 5.74) is 3.55. The Morgan fingerprint density at radius 2 is 1.96 bits per heavy atom. The van der Waals surface area contributed by atoms with E-state index in [0.717, 1.165) is 5.56 Å². The Bertz CT molecular complexity index is 872. The zero-order valence-corrected chi connectivity index (χ0v) is 13.0. The number of hydrogen-bond acceptors (Lipinski definition) is 6. The molecule has 3 rings (SSSR count). The lowest BCUT2D eigenvalue weighted by atomic mass is 10.2. The molecule has 1 N–H and O–H groups in total. The van der Waals surface area contributed by atoms with E-state index in [4.69, 9.17) is 9.15 Å². The zero-order chi connectivity index (χ0) is 17.5. The van der Waals surface area contributed by atoms with E-state index in [2.05, 4.69) is 15.5 Å². The van der Waals surface area contributed by atoms with E-state index in [9.17, 15) is 9.59 Å². The van der Waals surface area contributed by atoms with Gasteiger partial charge >= 0.3 is 5.97 Å². The van der Waals surface area contributed by atoms with Crippen molar-refractivity contribution in [2.45, 2.75) is 0 Å². The molecule has 0 aliphatic heterocycles. The van der Waals surface area contributed by atoms with E-state index in [1.807, 2.05) is 0 Å². The van der Waals surface area contributed by atoms with Gasteiger partial charge in [0.05, 0.1) is 18.0 Å². The molecule has 2 aromatic heterocycles. The molecule has 0 aliphatic carbocycles. The number of nitrogens with zero attached hydrogens (tertiary/aromatic N) is 2. The van der Waals surface area contributed by atoms with Crippen molar-refractivity contribution in [2.24, 2.45) is 5.10 Å². The molecule has 0 spiro atoms. The van der Waals surface area contributed by atoms with Crippen LogP contribution in [0.15, 0.2) is 76.7 Å². The predicted molar refractivity (Wildman–Crippen MR) is 89.4 cm³/mol. The van der Waals surface area contributed by atoms with Crippen LogP contribution in [0.4, 0.5) is 0 Å². The number of hydrogen-bond donors (Lipinski definition) is 1. The topological polar surface area (TPSA) is 93.8 Å². The van der Waals surface area contributed by atoms with Crippen LogP contribution in [0.5, 0.6) is 5.75 Å². The first kappa shape index (κ1) is 16.1. The van der Waals surface area contributed by atoms with Gasteiger partial charge in [-0.25, -0.2) is 10.2 Å². The van der Waals surface area contributed by atoms with Crippen LogP contribution in [0.2, 0.25) is 0 Å². The second kappa shape index (κ2) is 7.69. The summed E-state index contributed by atoms with van der Waals surface area (Å²) in [6, 6.07) is 13.1. The molecule has 7 nitrogen and oxygen atoms in total. The summed E-state index contributed by atoms with van der Waals surface area (Å²) in [6.45, 7) is 0. The number of benzene rings is 1.